The quantitative estimate of drug-likeness (QED) is 0.759. The Morgan fingerprint density at radius 2 is 1.79 bits per heavy atom. The second-order valence-electron chi connectivity index (χ2n) is 5.00. The lowest BCUT2D eigenvalue weighted by Crippen LogP contribution is -2.47. The molecule has 2 unspecified atom stereocenters. The molecule has 0 radical (unpaired) electrons. The molecule has 0 amide bonds. The summed E-state index contributed by atoms with van der Waals surface area (Å²) in [5, 5.41) is 23.9. The van der Waals surface area contributed by atoms with E-state index < -0.39 is 29.3 Å². The van der Waals surface area contributed by atoms with Gasteiger partial charge in [-0.05, 0) is 11.6 Å². The lowest BCUT2D eigenvalue weighted by Gasteiger charge is -2.33. The number of hydrogen-bond donors (Lipinski definition) is 2. The molecule has 2 atom stereocenters. The van der Waals surface area contributed by atoms with Crippen LogP contribution in [0, 0.1) is 0 Å². The highest BCUT2D eigenvalue weighted by Crippen LogP contribution is 2.47. The van der Waals surface area contributed by atoms with Crippen LogP contribution in [0.1, 0.15) is 17.6 Å². The molecular weight excluding hydrogens is 329 g/mol. The van der Waals surface area contributed by atoms with Crippen LogP contribution in [0.2, 0.25) is 0 Å². The molecule has 0 saturated heterocycles. The smallest absolute Gasteiger partial charge is 0.424 e. The van der Waals surface area contributed by atoms with Crippen LogP contribution >= 0.6 is 0 Å². The molecule has 0 aliphatic rings. The van der Waals surface area contributed by atoms with Crippen LogP contribution in [0.15, 0.2) is 57.9 Å². The fourth-order valence-electron chi connectivity index (χ4n) is 2.20. The molecule has 6 nitrogen and oxygen atoms in total. The lowest BCUT2D eigenvalue weighted by molar-refractivity contribution is -0.303. The molecule has 2 aromatic heterocycles. The summed E-state index contributed by atoms with van der Waals surface area (Å²) in [6, 6.07) is 7.66. The third-order valence-electron chi connectivity index (χ3n) is 3.50. The van der Waals surface area contributed by atoms with Crippen molar-refractivity contribution in [3.05, 3.63) is 60.4 Å². The van der Waals surface area contributed by atoms with Crippen LogP contribution in [0.4, 0.5) is 13.2 Å². The summed E-state index contributed by atoms with van der Waals surface area (Å²) >= 11 is 0. The minimum absolute atomic E-state index is 0.0737. The standard InChI is InChI=1S/C15H11F3N2O4/c16-15(17,18)14(22,10-4-2-1-3-5-10)11(21)13-19-12(20-24-13)9-6-7-23-8-9/h1-8,11,21-22H. The summed E-state index contributed by atoms with van der Waals surface area (Å²) < 4.78 is 50.0. The van der Waals surface area contributed by atoms with Crippen molar-refractivity contribution in [3.63, 3.8) is 0 Å². The average Bonchev–Trinajstić information content (AvgIpc) is 3.24. The Balaban J connectivity index is 2.03. The van der Waals surface area contributed by atoms with Gasteiger partial charge in [-0.2, -0.15) is 18.2 Å². The number of rotatable bonds is 4. The molecule has 3 rings (SSSR count). The number of halogens is 3. The molecule has 126 valence electrons. The second kappa shape index (κ2) is 5.77. The van der Waals surface area contributed by atoms with Gasteiger partial charge in [0.05, 0.1) is 11.8 Å². The fourth-order valence-corrected chi connectivity index (χ4v) is 2.20. The van der Waals surface area contributed by atoms with Crippen molar-refractivity contribution in [1.82, 2.24) is 10.1 Å². The van der Waals surface area contributed by atoms with Crippen molar-refractivity contribution >= 4 is 0 Å². The summed E-state index contributed by atoms with van der Waals surface area (Å²) in [7, 11) is 0. The zero-order valence-corrected chi connectivity index (χ0v) is 11.9. The first-order chi connectivity index (χ1) is 11.3. The highest BCUT2D eigenvalue weighted by molar-refractivity contribution is 5.51. The molecular formula is C15H11F3N2O4. The first-order valence-electron chi connectivity index (χ1n) is 6.73. The van der Waals surface area contributed by atoms with E-state index >= 15 is 0 Å². The van der Waals surface area contributed by atoms with Gasteiger partial charge >= 0.3 is 6.18 Å². The predicted molar refractivity (Wildman–Crippen MR) is 73.4 cm³/mol. The molecule has 0 aliphatic carbocycles. The Labute approximate surface area is 133 Å². The fraction of sp³-hybridized carbons (Fsp3) is 0.200. The van der Waals surface area contributed by atoms with E-state index in [1.54, 1.807) is 0 Å². The van der Waals surface area contributed by atoms with E-state index in [1.807, 2.05) is 0 Å². The van der Waals surface area contributed by atoms with E-state index in [4.69, 9.17) is 8.94 Å². The molecule has 24 heavy (non-hydrogen) atoms. The maximum absolute atomic E-state index is 13.5. The first-order valence-corrected chi connectivity index (χ1v) is 6.73. The van der Waals surface area contributed by atoms with Gasteiger partial charge in [0.1, 0.15) is 6.26 Å². The molecule has 0 saturated carbocycles. The van der Waals surface area contributed by atoms with Gasteiger partial charge in [0.2, 0.25) is 11.4 Å². The number of furan rings is 1. The molecule has 0 bridgehead atoms. The molecule has 2 N–H and O–H groups in total. The summed E-state index contributed by atoms with van der Waals surface area (Å²) in [4.78, 5) is 3.71. The maximum atomic E-state index is 13.5. The number of aliphatic hydroxyl groups excluding tert-OH is 1. The third kappa shape index (κ3) is 2.57. The van der Waals surface area contributed by atoms with Crippen LogP contribution in [0.25, 0.3) is 11.4 Å². The molecule has 0 aliphatic heterocycles. The van der Waals surface area contributed by atoms with Crippen LogP contribution < -0.4 is 0 Å². The van der Waals surface area contributed by atoms with Crippen LogP contribution in [0.3, 0.4) is 0 Å². The molecule has 9 heteroatoms. The van der Waals surface area contributed by atoms with Gasteiger partial charge in [0.15, 0.2) is 6.10 Å². The first kappa shape index (κ1) is 16.2. The SMILES string of the molecule is OC(c1nc(-c2ccoc2)no1)C(O)(c1ccccc1)C(F)(F)F. The monoisotopic (exact) mass is 340 g/mol. The van der Waals surface area contributed by atoms with E-state index in [0.29, 0.717) is 5.56 Å². The van der Waals surface area contributed by atoms with Gasteiger partial charge in [-0.1, -0.05) is 35.5 Å². The number of hydrogen-bond acceptors (Lipinski definition) is 6. The van der Waals surface area contributed by atoms with E-state index in [1.165, 1.54) is 36.8 Å². The normalized spacial score (nSPS) is 15.9. The van der Waals surface area contributed by atoms with Crippen LogP contribution in [-0.2, 0) is 5.60 Å². The Bertz CT molecular complexity index is 802. The zero-order valence-electron chi connectivity index (χ0n) is 11.9. The van der Waals surface area contributed by atoms with Gasteiger partial charge in [0, 0.05) is 0 Å². The van der Waals surface area contributed by atoms with Crippen molar-refractivity contribution in [2.75, 3.05) is 0 Å². The molecule has 1 aromatic carbocycles. The van der Waals surface area contributed by atoms with E-state index in [9.17, 15) is 23.4 Å². The molecule has 3 aromatic rings. The summed E-state index contributed by atoms with van der Waals surface area (Å²) in [5.41, 5.74) is -3.80. The second-order valence-corrected chi connectivity index (χ2v) is 5.00. The number of benzene rings is 1. The van der Waals surface area contributed by atoms with E-state index in [-0.39, 0.29) is 5.82 Å². The average molecular weight is 340 g/mol. The molecule has 2 heterocycles. The van der Waals surface area contributed by atoms with Crippen LogP contribution in [0.5, 0.6) is 0 Å². The van der Waals surface area contributed by atoms with Gasteiger partial charge < -0.3 is 19.2 Å². The van der Waals surface area contributed by atoms with E-state index in [2.05, 4.69) is 10.1 Å². The van der Waals surface area contributed by atoms with E-state index in [0.717, 1.165) is 12.1 Å². The Hall–Kier alpha value is -2.65. The minimum Gasteiger partial charge on any atom is -0.472 e. The Morgan fingerprint density at radius 3 is 2.38 bits per heavy atom. The van der Waals surface area contributed by atoms with Crippen molar-refractivity contribution in [2.24, 2.45) is 0 Å². The van der Waals surface area contributed by atoms with Gasteiger partial charge in [-0.3, -0.25) is 0 Å². The Morgan fingerprint density at radius 1 is 1.08 bits per heavy atom. The zero-order chi connectivity index (χ0) is 17.4. The van der Waals surface area contributed by atoms with Gasteiger partial charge in [0.25, 0.3) is 5.89 Å². The lowest BCUT2D eigenvalue weighted by atomic mass is 9.87. The molecule has 0 fully saturated rings. The minimum atomic E-state index is -5.18. The maximum Gasteiger partial charge on any atom is 0.424 e. The van der Waals surface area contributed by atoms with Crippen molar-refractivity contribution in [3.8, 4) is 11.4 Å². The third-order valence-corrected chi connectivity index (χ3v) is 3.50. The largest absolute Gasteiger partial charge is 0.472 e. The van der Waals surface area contributed by atoms with Crippen molar-refractivity contribution in [2.45, 2.75) is 17.9 Å². The highest BCUT2D eigenvalue weighted by Gasteiger charge is 2.61. The van der Waals surface area contributed by atoms with Gasteiger partial charge in [-0.15, -0.1) is 0 Å². The highest BCUT2D eigenvalue weighted by atomic mass is 19.4. The summed E-state index contributed by atoms with van der Waals surface area (Å²) in [5.74, 6) is -0.842. The Kier molecular flexibility index (Phi) is 3.90. The van der Waals surface area contributed by atoms with Crippen molar-refractivity contribution in [1.29, 1.82) is 0 Å². The predicted octanol–water partition coefficient (Wildman–Crippen LogP) is 2.81. The number of alkyl halides is 3. The van der Waals surface area contributed by atoms with Gasteiger partial charge in [-0.25, -0.2) is 0 Å². The molecule has 0 spiro atoms. The number of aliphatic hydroxyl groups is 2. The van der Waals surface area contributed by atoms with Crippen LogP contribution in [-0.4, -0.2) is 26.5 Å². The summed E-state index contributed by atoms with van der Waals surface area (Å²) in [6.45, 7) is 0. The number of aromatic nitrogens is 2. The van der Waals surface area contributed by atoms with Crippen molar-refractivity contribution < 1.29 is 32.3 Å². The topological polar surface area (TPSA) is 92.5 Å². The number of nitrogens with zero attached hydrogens (tertiary/aromatic N) is 2. The summed E-state index contributed by atoms with van der Waals surface area (Å²) in [6.07, 6.45) is -5.11.